The minimum absolute atomic E-state index is 0.0893. The van der Waals surface area contributed by atoms with Gasteiger partial charge in [-0.3, -0.25) is 9.59 Å². The van der Waals surface area contributed by atoms with E-state index in [-0.39, 0.29) is 10.7 Å². The predicted octanol–water partition coefficient (Wildman–Crippen LogP) is 2.36. The van der Waals surface area contributed by atoms with Gasteiger partial charge in [0, 0.05) is 25.2 Å². The third kappa shape index (κ3) is 2.14. The van der Waals surface area contributed by atoms with Gasteiger partial charge in [0.2, 0.25) is 5.91 Å². The Labute approximate surface area is 134 Å². The molecule has 1 unspecified atom stereocenters. The summed E-state index contributed by atoms with van der Waals surface area (Å²) in [5.74, 6) is 0.415. The Morgan fingerprint density at radius 3 is 2.55 bits per heavy atom. The zero-order valence-corrected chi connectivity index (χ0v) is 13.3. The molecule has 0 radical (unpaired) electrons. The number of carbonyl (C=O) groups excluding carboxylic acids is 2. The van der Waals surface area contributed by atoms with Crippen LogP contribution in [0.15, 0.2) is 30.3 Å². The molecule has 1 spiro atoms. The maximum absolute atomic E-state index is 12.7. The van der Waals surface area contributed by atoms with E-state index in [4.69, 9.17) is 0 Å². The first-order valence-electron chi connectivity index (χ1n) is 8.03. The largest absolute Gasteiger partial charge is 0.339 e. The molecule has 1 atom stereocenters. The van der Waals surface area contributed by atoms with Crippen molar-refractivity contribution >= 4 is 23.6 Å². The molecule has 0 bridgehead atoms. The third-order valence-corrected chi connectivity index (χ3v) is 6.89. The van der Waals surface area contributed by atoms with Crippen LogP contribution in [0.1, 0.15) is 36.0 Å². The SMILES string of the molecule is O=C(c1ccccc1)N1CCC2(CC1)SC1CCCN1C2=O. The normalized spacial score (nSPS) is 26.5. The molecule has 0 aliphatic carbocycles. The number of piperidine rings is 1. The van der Waals surface area contributed by atoms with Gasteiger partial charge in [0.15, 0.2) is 0 Å². The fraction of sp³-hybridized carbons (Fsp3) is 0.529. The second kappa shape index (κ2) is 5.30. The Balaban J connectivity index is 1.45. The van der Waals surface area contributed by atoms with Gasteiger partial charge < -0.3 is 9.80 Å². The van der Waals surface area contributed by atoms with E-state index in [1.54, 1.807) is 0 Å². The van der Waals surface area contributed by atoms with Gasteiger partial charge >= 0.3 is 0 Å². The van der Waals surface area contributed by atoms with Crippen molar-refractivity contribution in [2.45, 2.75) is 35.8 Å². The van der Waals surface area contributed by atoms with Crippen molar-refractivity contribution < 1.29 is 9.59 Å². The molecule has 0 N–H and O–H groups in total. The van der Waals surface area contributed by atoms with Crippen LogP contribution in [0.2, 0.25) is 0 Å². The predicted molar refractivity (Wildman–Crippen MR) is 86.6 cm³/mol. The van der Waals surface area contributed by atoms with Gasteiger partial charge in [-0.25, -0.2) is 0 Å². The highest BCUT2D eigenvalue weighted by Gasteiger charge is 2.54. The van der Waals surface area contributed by atoms with Gasteiger partial charge in [-0.1, -0.05) is 18.2 Å². The van der Waals surface area contributed by atoms with Crippen molar-refractivity contribution in [2.75, 3.05) is 19.6 Å². The van der Waals surface area contributed by atoms with Gasteiger partial charge in [0.05, 0.1) is 5.37 Å². The van der Waals surface area contributed by atoms with Gasteiger partial charge in [-0.05, 0) is 37.8 Å². The van der Waals surface area contributed by atoms with Crippen LogP contribution in [0, 0.1) is 0 Å². The highest BCUT2D eigenvalue weighted by molar-refractivity contribution is 8.02. The molecular formula is C17H20N2O2S. The van der Waals surface area contributed by atoms with Crippen molar-refractivity contribution in [1.82, 2.24) is 9.80 Å². The van der Waals surface area contributed by atoms with Crippen LogP contribution in [0.5, 0.6) is 0 Å². The van der Waals surface area contributed by atoms with E-state index < -0.39 is 0 Å². The number of hydrogen-bond acceptors (Lipinski definition) is 3. The van der Waals surface area contributed by atoms with Crippen LogP contribution in [0.4, 0.5) is 0 Å². The Morgan fingerprint density at radius 2 is 1.86 bits per heavy atom. The van der Waals surface area contributed by atoms with E-state index in [2.05, 4.69) is 4.90 Å². The van der Waals surface area contributed by atoms with Crippen LogP contribution in [-0.2, 0) is 4.79 Å². The average molecular weight is 316 g/mol. The summed E-state index contributed by atoms with van der Waals surface area (Å²) in [4.78, 5) is 29.2. The van der Waals surface area contributed by atoms with Crippen LogP contribution in [0.3, 0.4) is 0 Å². The Kier molecular flexibility index (Phi) is 3.40. The van der Waals surface area contributed by atoms with E-state index in [9.17, 15) is 9.59 Å². The van der Waals surface area contributed by atoms with Gasteiger partial charge in [-0.2, -0.15) is 0 Å². The standard InChI is InChI=1S/C17H20N2O2S/c20-15(13-5-2-1-3-6-13)18-11-8-17(9-12-18)16(21)19-10-4-7-14(19)22-17/h1-3,5-6,14H,4,7-12H2. The first-order valence-corrected chi connectivity index (χ1v) is 8.91. The third-order valence-electron chi connectivity index (χ3n) is 5.09. The maximum atomic E-state index is 12.7. The lowest BCUT2D eigenvalue weighted by Gasteiger charge is -2.37. The molecule has 116 valence electrons. The molecule has 0 aromatic heterocycles. The monoisotopic (exact) mass is 316 g/mol. The molecule has 3 aliphatic heterocycles. The lowest BCUT2D eigenvalue weighted by Crippen LogP contribution is -2.49. The number of thioether (sulfide) groups is 1. The molecule has 3 heterocycles. The fourth-order valence-electron chi connectivity index (χ4n) is 3.83. The van der Waals surface area contributed by atoms with Gasteiger partial charge in [0.1, 0.15) is 4.75 Å². The Bertz CT molecular complexity index is 596. The molecule has 5 heteroatoms. The van der Waals surface area contributed by atoms with E-state index >= 15 is 0 Å². The Hall–Kier alpha value is -1.49. The summed E-state index contributed by atoms with van der Waals surface area (Å²) in [6.45, 7) is 2.30. The number of likely N-dealkylation sites (tertiary alicyclic amines) is 1. The van der Waals surface area contributed by atoms with Crippen LogP contribution >= 0.6 is 11.8 Å². The van der Waals surface area contributed by atoms with Crippen molar-refractivity contribution in [3.05, 3.63) is 35.9 Å². The Morgan fingerprint density at radius 1 is 1.14 bits per heavy atom. The van der Waals surface area contributed by atoms with E-state index in [0.717, 1.165) is 37.8 Å². The van der Waals surface area contributed by atoms with Crippen molar-refractivity contribution in [2.24, 2.45) is 0 Å². The fourth-order valence-corrected chi connectivity index (χ4v) is 5.60. The second-order valence-corrected chi connectivity index (χ2v) is 7.93. The summed E-state index contributed by atoms with van der Waals surface area (Å²) < 4.78 is -0.251. The minimum Gasteiger partial charge on any atom is -0.339 e. The quantitative estimate of drug-likeness (QED) is 0.798. The summed E-state index contributed by atoms with van der Waals surface area (Å²) in [5.41, 5.74) is 0.740. The summed E-state index contributed by atoms with van der Waals surface area (Å²) in [6, 6.07) is 9.42. The smallest absolute Gasteiger partial charge is 0.253 e. The number of rotatable bonds is 1. The summed E-state index contributed by atoms with van der Waals surface area (Å²) in [6.07, 6.45) is 3.85. The van der Waals surface area contributed by atoms with Gasteiger partial charge in [0.25, 0.3) is 5.91 Å². The van der Waals surface area contributed by atoms with Crippen molar-refractivity contribution in [1.29, 1.82) is 0 Å². The topological polar surface area (TPSA) is 40.6 Å². The van der Waals surface area contributed by atoms with Crippen LogP contribution < -0.4 is 0 Å². The molecule has 2 amide bonds. The molecule has 3 saturated heterocycles. The highest BCUT2D eigenvalue weighted by Crippen LogP contribution is 2.50. The average Bonchev–Trinajstić information content (AvgIpc) is 3.11. The van der Waals surface area contributed by atoms with Crippen LogP contribution in [0.25, 0.3) is 0 Å². The molecule has 22 heavy (non-hydrogen) atoms. The number of hydrogen-bond donors (Lipinski definition) is 0. The molecular weight excluding hydrogens is 296 g/mol. The number of benzene rings is 1. The van der Waals surface area contributed by atoms with Crippen LogP contribution in [-0.4, -0.2) is 51.4 Å². The number of nitrogens with zero attached hydrogens (tertiary/aromatic N) is 2. The van der Waals surface area contributed by atoms with Crippen molar-refractivity contribution in [3.63, 3.8) is 0 Å². The maximum Gasteiger partial charge on any atom is 0.253 e. The summed E-state index contributed by atoms with van der Waals surface area (Å²) in [7, 11) is 0. The molecule has 0 saturated carbocycles. The summed E-state index contributed by atoms with van der Waals surface area (Å²) >= 11 is 1.86. The zero-order chi connectivity index (χ0) is 15.2. The second-order valence-electron chi connectivity index (χ2n) is 6.37. The molecule has 4 nitrogen and oxygen atoms in total. The molecule has 3 aliphatic rings. The molecule has 1 aromatic rings. The molecule has 4 rings (SSSR count). The lowest BCUT2D eigenvalue weighted by atomic mass is 9.93. The number of amides is 2. The van der Waals surface area contributed by atoms with Crippen molar-refractivity contribution in [3.8, 4) is 0 Å². The van der Waals surface area contributed by atoms with E-state index in [1.807, 2.05) is 47.0 Å². The minimum atomic E-state index is -0.251. The molecule has 1 aromatic carbocycles. The van der Waals surface area contributed by atoms with E-state index in [0.29, 0.717) is 24.4 Å². The number of carbonyl (C=O) groups is 2. The first-order chi connectivity index (χ1) is 10.7. The van der Waals surface area contributed by atoms with E-state index in [1.165, 1.54) is 0 Å². The summed E-state index contributed by atoms with van der Waals surface area (Å²) in [5, 5.41) is 0.392. The molecule has 3 fully saturated rings. The van der Waals surface area contributed by atoms with Gasteiger partial charge in [-0.15, -0.1) is 11.8 Å². The lowest BCUT2D eigenvalue weighted by molar-refractivity contribution is -0.132. The zero-order valence-electron chi connectivity index (χ0n) is 12.5. The number of fused-ring (bicyclic) bond motifs is 1. The highest BCUT2D eigenvalue weighted by atomic mass is 32.2. The first kappa shape index (κ1) is 14.1.